The maximum atomic E-state index is 12.9. The largest absolute Gasteiger partial charge is 0.396 e. The van der Waals surface area contributed by atoms with E-state index in [-0.39, 0.29) is 17.8 Å². The Bertz CT molecular complexity index is 406. The summed E-state index contributed by atoms with van der Waals surface area (Å²) in [6, 6.07) is 3.85. The van der Waals surface area contributed by atoms with Crippen molar-refractivity contribution in [3.63, 3.8) is 0 Å². The van der Waals surface area contributed by atoms with Crippen LogP contribution in [-0.4, -0.2) is 18.4 Å². The summed E-state index contributed by atoms with van der Waals surface area (Å²) in [5, 5.41) is 2.21. The van der Waals surface area contributed by atoms with Gasteiger partial charge in [-0.3, -0.25) is 9.59 Å². The van der Waals surface area contributed by atoms with E-state index in [1.165, 1.54) is 12.1 Å². The number of rotatable bonds is 3. The minimum absolute atomic E-state index is 0.0174. The Hall–Kier alpha value is -2.11. The molecule has 0 heterocycles. The molecule has 0 aromatic heterocycles. The average molecular weight is 211 g/mol. The van der Waals surface area contributed by atoms with Crippen molar-refractivity contribution in [3.05, 3.63) is 29.6 Å². The van der Waals surface area contributed by atoms with Crippen molar-refractivity contribution in [1.29, 1.82) is 0 Å². The number of primary amides is 1. The zero-order valence-corrected chi connectivity index (χ0v) is 7.79. The summed E-state index contributed by atoms with van der Waals surface area (Å²) < 4.78 is 12.9. The minimum atomic E-state index is -0.682. The number of carbonyl (C=O) groups excluding carboxylic acids is 2. The molecule has 0 aliphatic rings. The van der Waals surface area contributed by atoms with Gasteiger partial charge in [0, 0.05) is 0 Å². The third-order valence-electron chi connectivity index (χ3n) is 1.72. The fraction of sp³-hybridized carbons (Fsp3) is 0.111. The van der Waals surface area contributed by atoms with Gasteiger partial charge in [0.15, 0.2) is 0 Å². The Labute approximate surface area is 85.2 Å². The number of nitrogens with one attached hydrogen (secondary N) is 1. The van der Waals surface area contributed by atoms with Crippen molar-refractivity contribution in [2.45, 2.75) is 0 Å². The van der Waals surface area contributed by atoms with Crippen LogP contribution in [0.4, 0.5) is 10.1 Å². The minimum Gasteiger partial charge on any atom is -0.396 e. The number of hydrogen-bond donors (Lipinski definition) is 3. The van der Waals surface area contributed by atoms with E-state index in [0.717, 1.165) is 6.07 Å². The molecule has 5 N–H and O–H groups in total. The van der Waals surface area contributed by atoms with Crippen LogP contribution in [0.1, 0.15) is 10.4 Å². The summed E-state index contributed by atoms with van der Waals surface area (Å²) >= 11 is 0. The zero-order valence-electron chi connectivity index (χ0n) is 7.79. The summed E-state index contributed by atoms with van der Waals surface area (Å²) in [5.74, 6) is -1.99. The highest BCUT2D eigenvalue weighted by atomic mass is 19.1. The highest BCUT2D eigenvalue weighted by Crippen LogP contribution is 2.15. The smallest absolute Gasteiger partial charge is 0.253 e. The fourth-order valence-corrected chi connectivity index (χ4v) is 0.998. The molecule has 1 rings (SSSR count). The molecular formula is C9H10FN3O2. The highest BCUT2D eigenvalue weighted by Gasteiger charge is 2.12. The number of halogens is 1. The van der Waals surface area contributed by atoms with E-state index in [2.05, 4.69) is 5.32 Å². The van der Waals surface area contributed by atoms with Crippen molar-refractivity contribution >= 4 is 17.5 Å². The first-order valence-corrected chi connectivity index (χ1v) is 4.13. The Morgan fingerprint density at radius 2 is 2.07 bits per heavy atom. The van der Waals surface area contributed by atoms with Crippen LogP contribution in [0.5, 0.6) is 0 Å². The topological polar surface area (TPSA) is 98.2 Å². The number of hydrogen-bond acceptors (Lipinski definition) is 3. The lowest BCUT2D eigenvalue weighted by atomic mass is 10.1. The van der Waals surface area contributed by atoms with Crippen LogP contribution < -0.4 is 16.8 Å². The van der Waals surface area contributed by atoms with E-state index in [4.69, 9.17) is 11.5 Å². The van der Waals surface area contributed by atoms with Crippen molar-refractivity contribution < 1.29 is 14.0 Å². The van der Waals surface area contributed by atoms with E-state index in [1.807, 2.05) is 0 Å². The van der Waals surface area contributed by atoms with Crippen LogP contribution in [0.3, 0.4) is 0 Å². The Kier molecular flexibility index (Phi) is 3.22. The van der Waals surface area contributed by atoms with Gasteiger partial charge in [-0.1, -0.05) is 6.07 Å². The molecule has 80 valence electrons. The molecule has 0 fully saturated rings. The summed E-state index contributed by atoms with van der Waals surface area (Å²) in [4.78, 5) is 21.7. The summed E-state index contributed by atoms with van der Waals surface area (Å²) in [6.45, 7) is -0.311. The molecule has 0 spiro atoms. The maximum Gasteiger partial charge on any atom is 0.253 e. The Balaban J connectivity index is 2.82. The molecule has 0 aliphatic heterocycles. The molecule has 0 atom stereocenters. The summed E-state index contributed by atoms with van der Waals surface area (Å²) in [6.07, 6.45) is 0. The van der Waals surface area contributed by atoms with Crippen molar-refractivity contribution in [1.82, 2.24) is 5.32 Å². The molecule has 1 aromatic rings. The van der Waals surface area contributed by atoms with E-state index in [9.17, 15) is 14.0 Å². The van der Waals surface area contributed by atoms with Gasteiger partial charge in [-0.15, -0.1) is 0 Å². The van der Waals surface area contributed by atoms with Crippen LogP contribution in [-0.2, 0) is 4.79 Å². The molecule has 6 heteroatoms. The van der Waals surface area contributed by atoms with E-state index < -0.39 is 17.6 Å². The normalized spacial score (nSPS) is 9.67. The lowest BCUT2D eigenvalue weighted by Crippen LogP contribution is -2.33. The standard InChI is InChI=1S/C9H10FN3O2/c10-6-3-1-2-5(8(6)12)9(15)13-4-7(11)14/h1-3H,4,12H2,(H2,11,14)(H,13,15). The monoisotopic (exact) mass is 211 g/mol. The van der Waals surface area contributed by atoms with Gasteiger partial charge in [0.25, 0.3) is 5.91 Å². The third-order valence-corrected chi connectivity index (χ3v) is 1.72. The molecule has 1 aromatic carbocycles. The Morgan fingerprint density at radius 3 is 2.67 bits per heavy atom. The molecule has 0 saturated carbocycles. The van der Waals surface area contributed by atoms with E-state index in [0.29, 0.717) is 0 Å². The second-order valence-electron chi connectivity index (χ2n) is 2.85. The first-order chi connectivity index (χ1) is 7.02. The van der Waals surface area contributed by atoms with Gasteiger partial charge >= 0.3 is 0 Å². The number of nitrogens with two attached hydrogens (primary N) is 2. The number of carbonyl (C=O) groups is 2. The average Bonchev–Trinajstić information content (AvgIpc) is 2.18. The Morgan fingerprint density at radius 1 is 1.40 bits per heavy atom. The highest BCUT2D eigenvalue weighted by molar-refractivity contribution is 6.00. The van der Waals surface area contributed by atoms with Gasteiger partial charge in [0.2, 0.25) is 5.91 Å². The molecule has 2 amide bonds. The van der Waals surface area contributed by atoms with E-state index in [1.54, 1.807) is 0 Å². The molecule has 0 radical (unpaired) electrons. The number of amides is 2. The molecule has 0 saturated heterocycles. The molecule has 0 unspecified atom stereocenters. The van der Waals surface area contributed by atoms with Gasteiger partial charge < -0.3 is 16.8 Å². The van der Waals surface area contributed by atoms with Crippen molar-refractivity contribution in [3.8, 4) is 0 Å². The van der Waals surface area contributed by atoms with Gasteiger partial charge in [0.05, 0.1) is 17.8 Å². The maximum absolute atomic E-state index is 12.9. The second kappa shape index (κ2) is 4.41. The van der Waals surface area contributed by atoms with E-state index >= 15 is 0 Å². The number of benzene rings is 1. The van der Waals surface area contributed by atoms with Gasteiger partial charge in [0.1, 0.15) is 5.82 Å². The third kappa shape index (κ3) is 2.67. The number of nitrogen functional groups attached to an aromatic ring is 1. The first kappa shape index (κ1) is 11.0. The SMILES string of the molecule is NC(=O)CNC(=O)c1cccc(F)c1N. The predicted molar refractivity (Wildman–Crippen MR) is 52.3 cm³/mol. The summed E-state index contributed by atoms with van der Waals surface area (Å²) in [5.41, 5.74) is 9.90. The predicted octanol–water partition coefficient (Wildman–Crippen LogP) is -0.377. The van der Waals surface area contributed by atoms with Crippen molar-refractivity contribution in [2.75, 3.05) is 12.3 Å². The molecular weight excluding hydrogens is 201 g/mol. The second-order valence-corrected chi connectivity index (χ2v) is 2.85. The molecule has 5 nitrogen and oxygen atoms in total. The van der Waals surface area contributed by atoms with Crippen molar-refractivity contribution in [2.24, 2.45) is 5.73 Å². The van der Waals surface area contributed by atoms with Crippen LogP contribution in [0.25, 0.3) is 0 Å². The number of anilines is 1. The van der Waals surface area contributed by atoms with Crippen LogP contribution in [0.15, 0.2) is 18.2 Å². The molecule has 0 aliphatic carbocycles. The first-order valence-electron chi connectivity index (χ1n) is 4.13. The molecule has 15 heavy (non-hydrogen) atoms. The van der Waals surface area contributed by atoms with Gasteiger partial charge in [-0.05, 0) is 12.1 Å². The fourth-order valence-electron chi connectivity index (χ4n) is 0.998. The van der Waals surface area contributed by atoms with Crippen LogP contribution >= 0.6 is 0 Å². The van der Waals surface area contributed by atoms with Crippen LogP contribution in [0.2, 0.25) is 0 Å². The lowest BCUT2D eigenvalue weighted by Gasteiger charge is -2.06. The lowest BCUT2D eigenvalue weighted by molar-refractivity contribution is -0.117. The molecule has 0 bridgehead atoms. The zero-order chi connectivity index (χ0) is 11.4. The quantitative estimate of drug-likeness (QED) is 0.594. The van der Waals surface area contributed by atoms with Gasteiger partial charge in [-0.25, -0.2) is 4.39 Å². The van der Waals surface area contributed by atoms with Gasteiger partial charge in [-0.2, -0.15) is 0 Å². The van der Waals surface area contributed by atoms with Crippen LogP contribution in [0, 0.1) is 5.82 Å². The number of para-hydroxylation sites is 1. The summed E-state index contributed by atoms with van der Waals surface area (Å²) in [7, 11) is 0.